The van der Waals surface area contributed by atoms with E-state index in [-0.39, 0.29) is 46.1 Å². The molecule has 0 saturated heterocycles. The van der Waals surface area contributed by atoms with Gasteiger partial charge in [0.25, 0.3) is 5.92 Å². The number of carbonyl (C=O) groups is 1. The number of aromatic nitrogens is 2. The molecule has 1 aliphatic heterocycles. The Morgan fingerprint density at radius 2 is 2.07 bits per heavy atom. The van der Waals surface area contributed by atoms with E-state index in [1.807, 2.05) is 0 Å². The van der Waals surface area contributed by atoms with E-state index in [0.717, 1.165) is 0 Å². The van der Waals surface area contributed by atoms with Gasteiger partial charge in [-0.15, -0.1) is 0 Å². The quantitative estimate of drug-likeness (QED) is 0.709. The maximum Gasteiger partial charge on any atom is 0.318 e. The van der Waals surface area contributed by atoms with Crippen LogP contribution in [0.1, 0.15) is 18.2 Å². The second-order valence-electron chi connectivity index (χ2n) is 6.22. The normalized spacial score (nSPS) is 13.6. The van der Waals surface area contributed by atoms with Crippen molar-refractivity contribution in [3.63, 3.8) is 0 Å². The van der Waals surface area contributed by atoms with E-state index < -0.39 is 18.5 Å². The number of phenolic OH excluding ortho intramolecular Hbond substituents is 1. The Bertz CT molecular complexity index is 897. The average Bonchev–Trinajstić information content (AvgIpc) is 2.94. The number of anilines is 1. The van der Waals surface area contributed by atoms with Crippen LogP contribution in [0.15, 0.2) is 12.1 Å². The summed E-state index contributed by atoms with van der Waals surface area (Å²) >= 11 is 12.1. The van der Waals surface area contributed by atoms with Crippen molar-refractivity contribution in [1.82, 2.24) is 20.2 Å². The number of nitrogens with zero attached hydrogens (tertiary/aromatic N) is 3. The monoisotopic (exact) mass is 417 g/mol. The second-order valence-corrected chi connectivity index (χ2v) is 7.07. The number of fused-ring (bicyclic) bond motifs is 1. The molecule has 4 N–H and O–H groups in total. The number of hydrogen-bond donors (Lipinski definition) is 3. The number of urea groups is 1. The summed E-state index contributed by atoms with van der Waals surface area (Å²) in [7, 11) is 0. The fraction of sp³-hybridized carbons (Fsp3) is 0.312. The summed E-state index contributed by atoms with van der Waals surface area (Å²) in [5.41, 5.74) is 7.17. The summed E-state index contributed by atoms with van der Waals surface area (Å²) < 4.78 is 25.9. The van der Waals surface area contributed by atoms with E-state index in [9.17, 15) is 18.7 Å². The minimum absolute atomic E-state index is 0.0461. The van der Waals surface area contributed by atoms with Crippen LogP contribution in [-0.4, -0.2) is 38.5 Å². The first-order valence-electron chi connectivity index (χ1n) is 7.79. The zero-order chi connectivity index (χ0) is 19.9. The van der Waals surface area contributed by atoms with E-state index in [1.54, 1.807) is 0 Å². The van der Waals surface area contributed by atoms with Gasteiger partial charge >= 0.3 is 6.03 Å². The molecule has 2 amide bonds. The van der Waals surface area contributed by atoms with Crippen LogP contribution in [0.4, 0.5) is 19.5 Å². The molecular weight excluding hydrogens is 403 g/mol. The molecule has 0 spiro atoms. The molecule has 27 heavy (non-hydrogen) atoms. The van der Waals surface area contributed by atoms with E-state index in [1.165, 1.54) is 17.0 Å². The lowest BCUT2D eigenvalue weighted by Gasteiger charge is -2.18. The van der Waals surface area contributed by atoms with Crippen molar-refractivity contribution in [2.45, 2.75) is 25.9 Å². The third-order valence-electron chi connectivity index (χ3n) is 3.91. The van der Waals surface area contributed by atoms with Crippen LogP contribution in [0.25, 0.3) is 11.3 Å². The largest absolute Gasteiger partial charge is 0.507 e. The summed E-state index contributed by atoms with van der Waals surface area (Å²) in [5.74, 6) is -3.31. The van der Waals surface area contributed by atoms with E-state index in [4.69, 9.17) is 28.9 Å². The number of benzene rings is 1. The van der Waals surface area contributed by atoms with Gasteiger partial charge in [-0.3, -0.25) is 0 Å². The first-order valence-corrected chi connectivity index (χ1v) is 8.55. The Hall–Kier alpha value is -2.39. The summed E-state index contributed by atoms with van der Waals surface area (Å²) in [4.78, 5) is 21.7. The van der Waals surface area contributed by atoms with Gasteiger partial charge in [-0.05, 0) is 12.1 Å². The number of carbonyl (C=O) groups excluding carboxylic acids is 1. The van der Waals surface area contributed by atoms with Gasteiger partial charge in [-0.25, -0.2) is 23.5 Å². The fourth-order valence-electron chi connectivity index (χ4n) is 2.76. The van der Waals surface area contributed by atoms with Crippen molar-refractivity contribution >= 4 is 35.2 Å². The molecule has 0 fully saturated rings. The third kappa shape index (κ3) is 4.14. The fourth-order valence-corrected chi connectivity index (χ4v) is 3.33. The van der Waals surface area contributed by atoms with Crippen LogP contribution in [0, 0.1) is 0 Å². The van der Waals surface area contributed by atoms with Crippen molar-refractivity contribution in [2.75, 3.05) is 12.3 Å². The van der Waals surface area contributed by atoms with E-state index in [0.29, 0.717) is 18.2 Å². The van der Waals surface area contributed by atoms with Gasteiger partial charge in [0.1, 0.15) is 5.75 Å². The minimum atomic E-state index is -3.03. The van der Waals surface area contributed by atoms with Crippen LogP contribution in [0.5, 0.6) is 5.75 Å². The maximum absolute atomic E-state index is 13.0. The lowest BCUT2D eigenvalue weighted by atomic mass is 10.0. The number of phenols is 1. The first-order chi connectivity index (χ1) is 12.5. The molecule has 144 valence electrons. The number of nitrogens with one attached hydrogen (secondary N) is 1. The topological polar surface area (TPSA) is 104 Å². The Kier molecular flexibility index (Phi) is 5.00. The predicted octanol–water partition coefficient (Wildman–Crippen LogP) is 3.42. The molecule has 0 saturated carbocycles. The van der Waals surface area contributed by atoms with E-state index >= 15 is 0 Å². The smallest absolute Gasteiger partial charge is 0.318 e. The van der Waals surface area contributed by atoms with Crippen LogP contribution in [0.3, 0.4) is 0 Å². The number of aromatic hydroxyl groups is 1. The highest BCUT2D eigenvalue weighted by Gasteiger charge is 2.31. The molecule has 2 aromatic rings. The van der Waals surface area contributed by atoms with Crippen molar-refractivity contribution in [3.05, 3.63) is 33.4 Å². The molecule has 1 aromatic carbocycles. The molecule has 7 nitrogen and oxygen atoms in total. The van der Waals surface area contributed by atoms with Crippen LogP contribution >= 0.6 is 23.2 Å². The zero-order valence-electron chi connectivity index (χ0n) is 14.1. The number of hydrogen-bond acceptors (Lipinski definition) is 5. The van der Waals surface area contributed by atoms with Gasteiger partial charge in [-0.1, -0.05) is 23.2 Å². The first kappa shape index (κ1) is 19.4. The number of nitrogens with two attached hydrogens (primary N) is 1. The highest BCUT2D eigenvalue weighted by molar-refractivity contribution is 6.36. The van der Waals surface area contributed by atoms with Crippen molar-refractivity contribution in [3.8, 4) is 17.0 Å². The Morgan fingerprint density at radius 1 is 1.37 bits per heavy atom. The van der Waals surface area contributed by atoms with Crippen LogP contribution < -0.4 is 11.1 Å². The van der Waals surface area contributed by atoms with Gasteiger partial charge in [0.2, 0.25) is 5.95 Å². The Labute approximate surface area is 163 Å². The number of nitrogen functional groups attached to an aromatic ring is 1. The highest BCUT2D eigenvalue weighted by atomic mass is 35.5. The third-order valence-corrected chi connectivity index (χ3v) is 4.42. The lowest BCUT2D eigenvalue weighted by Crippen LogP contribution is -2.41. The Morgan fingerprint density at radius 3 is 2.70 bits per heavy atom. The molecule has 0 radical (unpaired) electrons. The number of amides is 2. The number of alkyl halides is 2. The maximum atomic E-state index is 13.0. The zero-order valence-corrected chi connectivity index (χ0v) is 15.6. The summed E-state index contributed by atoms with van der Waals surface area (Å²) in [6, 6.07) is 2.06. The Balaban J connectivity index is 1.95. The minimum Gasteiger partial charge on any atom is -0.507 e. The summed E-state index contributed by atoms with van der Waals surface area (Å²) in [5, 5.41) is 12.8. The molecule has 0 atom stereocenters. The molecule has 3 rings (SSSR count). The standard InChI is InChI=1S/C16H15Cl2F2N5O2/c1-16(19,20)6-22-15(27)25-4-8-10(5-25)23-14(21)24-13(8)12-9(18)2-7(17)3-11(12)26/h2-3,26H,4-6H2,1H3,(H,22,27)(H2,21,23,24). The SMILES string of the molecule is CC(F)(F)CNC(=O)N1Cc2nc(N)nc(-c3c(O)cc(Cl)cc3Cl)c2C1. The predicted molar refractivity (Wildman–Crippen MR) is 96.8 cm³/mol. The lowest BCUT2D eigenvalue weighted by molar-refractivity contribution is 0.0239. The van der Waals surface area contributed by atoms with Gasteiger partial charge in [0.05, 0.1) is 41.6 Å². The molecule has 1 aromatic heterocycles. The average molecular weight is 418 g/mol. The second kappa shape index (κ2) is 6.97. The van der Waals surface area contributed by atoms with Gasteiger partial charge in [0.15, 0.2) is 0 Å². The van der Waals surface area contributed by atoms with Crippen molar-refractivity contribution in [1.29, 1.82) is 0 Å². The molecular formula is C16H15Cl2F2N5O2. The molecule has 0 unspecified atom stereocenters. The van der Waals surface area contributed by atoms with Crippen molar-refractivity contribution in [2.24, 2.45) is 0 Å². The highest BCUT2D eigenvalue weighted by Crippen LogP contribution is 2.41. The summed E-state index contributed by atoms with van der Waals surface area (Å²) in [6.45, 7) is 0.0252. The molecule has 0 bridgehead atoms. The van der Waals surface area contributed by atoms with E-state index in [2.05, 4.69) is 15.3 Å². The number of rotatable bonds is 3. The van der Waals surface area contributed by atoms with Gasteiger partial charge in [-0.2, -0.15) is 0 Å². The van der Waals surface area contributed by atoms with Gasteiger partial charge < -0.3 is 21.1 Å². The molecule has 0 aliphatic carbocycles. The molecule has 1 aliphatic rings. The summed E-state index contributed by atoms with van der Waals surface area (Å²) in [6.07, 6.45) is 0. The van der Waals surface area contributed by atoms with Crippen molar-refractivity contribution < 1.29 is 18.7 Å². The number of halogens is 4. The van der Waals surface area contributed by atoms with Gasteiger partial charge in [0, 0.05) is 17.5 Å². The molecule has 2 heterocycles. The van der Waals surface area contributed by atoms with Crippen LogP contribution in [0.2, 0.25) is 10.0 Å². The van der Waals surface area contributed by atoms with Crippen LogP contribution in [-0.2, 0) is 13.1 Å². The molecule has 11 heteroatoms.